The molecule has 1 saturated heterocycles. The maximum absolute atomic E-state index is 11.2. The smallest absolute Gasteiger partial charge is 0.407 e. The standard InChI is InChI=1S/C13H22N4O2S/c1-3-5-14-12-15-7-11(20-12)9-17-6-4-10(8-17)16-13(18)19-2/h7,10H,3-6,8-9H2,1-2H3,(H,14,15)(H,16,18). The number of likely N-dealkylation sites (tertiary alicyclic amines) is 1. The molecule has 2 heterocycles. The predicted molar refractivity (Wildman–Crippen MR) is 80.1 cm³/mol. The summed E-state index contributed by atoms with van der Waals surface area (Å²) < 4.78 is 4.62. The Morgan fingerprint density at radius 3 is 3.25 bits per heavy atom. The van der Waals surface area contributed by atoms with E-state index in [1.807, 2.05) is 6.20 Å². The van der Waals surface area contributed by atoms with Crippen LogP contribution in [0.5, 0.6) is 0 Å². The summed E-state index contributed by atoms with van der Waals surface area (Å²) in [6.45, 7) is 5.85. The average molecular weight is 298 g/mol. The molecule has 1 aromatic heterocycles. The lowest BCUT2D eigenvalue weighted by atomic mass is 10.3. The van der Waals surface area contributed by atoms with Gasteiger partial charge in [-0.1, -0.05) is 6.92 Å². The second-order valence-corrected chi connectivity index (χ2v) is 6.03. The van der Waals surface area contributed by atoms with Gasteiger partial charge in [-0.25, -0.2) is 9.78 Å². The minimum Gasteiger partial charge on any atom is -0.453 e. The van der Waals surface area contributed by atoms with Crippen LogP contribution in [-0.4, -0.2) is 48.8 Å². The lowest BCUT2D eigenvalue weighted by Gasteiger charge is -2.15. The van der Waals surface area contributed by atoms with Crippen LogP contribution >= 0.6 is 11.3 Å². The highest BCUT2D eigenvalue weighted by atomic mass is 32.1. The first kappa shape index (κ1) is 15.1. The molecule has 0 aliphatic carbocycles. The Balaban J connectivity index is 1.77. The van der Waals surface area contributed by atoms with Crippen LogP contribution in [0, 0.1) is 0 Å². The Morgan fingerprint density at radius 2 is 2.50 bits per heavy atom. The molecular weight excluding hydrogens is 276 g/mol. The molecule has 1 atom stereocenters. The van der Waals surface area contributed by atoms with Gasteiger partial charge in [-0.3, -0.25) is 4.90 Å². The van der Waals surface area contributed by atoms with Gasteiger partial charge in [-0.05, 0) is 12.8 Å². The number of rotatable bonds is 6. The molecule has 1 unspecified atom stereocenters. The van der Waals surface area contributed by atoms with E-state index >= 15 is 0 Å². The molecule has 1 aromatic rings. The van der Waals surface area contributed by atoms with Gasteiger partial charge in [0.15, 0.2) is 5.13 Å². The molecule has 0 bridgehead atoms. The summed E-state index contributed by atoms with van der Waals surface area (Å²) in [5.41, 5.74) is 0. The normalized spacial score (nSPS) is 19.0. The van der Waals surface area contributed by atoms with Crippen LogP contribution in [0.25, 0.3) is 0 Å². The van der Waals surface area contributed by atoms with Gasteiger partial charge < -0.3 is 15.4 Å². The molecule has 0 radical (unpaired) electrons. The average Bonchev–Trinajstić information content (AvgIpc) is 3.06. The molecule has 20 heavy (non-hydrogen) atoms. The molecular formula is C13H22N4O2S. The lowest BCUT2D eigenvalue weighted by molar-refractivity contribution is 0.166. The molecule has 0 saturated carbocycles. The topological polar surface area (TPSA) is 66.5 Å². The molecule has 6 nitrogen and oxygen atoms in total. The van der Waals surface area contributed by atoms with Crippen molar-refractivity contribution in [1.29, 1.82) is 0 Å². The third-order valence-electron chi connectivity index (χ3n) is 3.24. The molecule has 1 amide bonds. The van der Waals surface area contributed by atoms with Crippen LogP contribution in [0.3, 0.4) is 0 Å². The fourth-order valence-electron chi connectivity index (χ4n) is 2.23. The van der Waals surface area contributed by atoms with Gasteiger partial charge in [0.25, 0.3) is 0 Å². The molecule has 2 N–H and O–H groups in total. The van der Waals surface area contributed by atoms with E-state index in [-0.39, 0.29) is 12.1 Å². The molecule has 1 aliphatic rings. The first-order valence-electron chi connectivity index (χ1n) is 6.96. The fraction of sp³-hybridized carbons (Fsp3) is 0.692. The van der Waals surface area contributed by atoms with E-state index in [9.17, 15) is 4.79 Å². The highest BCUT2D eigenvalue weighted by Crippen LogP contribution is 2.21. The molecule has 1 aliphatic heterocycles. The first-order chi connectivity index (χ1) is 9.71. The number of thiazole rings is 1. The van der Waals surface area contributed by atoms with Crippen molar-refractivity contribution in [3.05, 3.63) is 11.1 Å². The number of carbonyl (C=O) groups excluding carboxylic acids is 1. The monoisotopic (exact) mass is 298 g/mol. The summed E-state index contributed by atoms with van der Waals surface area (Å²) >= 11 is 1.70. The number of ether oxygens (including phenoxy) is 1. The van der Waals surface area contributed by atoms with Crippen molar-refractivity contribution >= 4 is 22.6 Å². The number of amides is 1. The SMILES string of the molecule is CCCNc1ncc(CN2CCC(NC(=O)OC)C2)s1. The number of methoxy groups -OCH3 is 1. The van der Waals surface area contributed by atoms with E-state index < -0.39 is 0 Å². The summed E-state index contributed by atoms with van der Waals surface area (Å²) in [6, 6.07) is 0.188. The van der Waals surface area contributed by atoms with Crippen LogP contribution in [0.2, 0.25) is 0 Å². The summed E-state index contributed by atoms with van der Waals surface area (Å²) in [6.07, 6.45) is 3.65. The van der Waals surface area contributed by atoms with Crippen molar-refractivity contribution in [2.24, 2.45) is 0 Å². The highest BCUT2D eigenvalue weighted by molar-refractivity contribution is 7.15. The van der Waals surface area contributed by atoms with E-state index in [1.165, 1.54) is 12.0 Å². The highest BCUT2D eigenvalue weighted by Gasteiger charge is 2.24. The summed E-state index contributed by atoms with van der Waals surface area (Å²) in [7, 11) is 1.39. The van der Waals surface area contributed by atoms with Crippen molar-refractivity contribution in [2.75, 3.05) is 32.1 Å². The van der Waals surface area contributed by atoms with Crippen LogP contribution in [0.4, 0.5) is 9.93 Å². The van der Waals surface area contributed by atoms with Crippen molar-refractivity contribution in [3.8, 4) is 0 Å². The van der Waals surface area contributed by atoms with Gasteiger partial charge in [-0.15, -0.1) is 11.3 Å². The van der Waals surface area contributed by atoms with Crippen molar-refractivity contribution < 1.29 is 9.53 Å². The van der Waals surface area contributed by atoms with Crippen LogP contribution in [-0.2, 0) is 11.3 Å². The molecule has 1 fully saturated rings. The van der Waals surface area contributed by atoms with E-state index in [2.05, 4.69) is 32.2 Å². The van der Waals surface area contributed by atoms with E-state index in [4.69, 9.17) is 0 Å². The Labute approximate surface area is 123 Å². The summed E-state index contributed by atoms with van der Waals surface area (Å²) in [5.74, 6) is 0. The zero-order valence-corrected chi connectivity index (χ0v) is 12.8. The number of carbonyl (C=O) groups is 1. The fourth-order valence-corrected chi connectivity index (χ4v) is 3.11. The predicted octanol–water partition coefficient (Wildman–Crippen LogP) is 1.90. The van der Waals surface area contributed by atoms with Gasteiger partial charge in [0.05, 0.1) is 7.11 Å². The number of alkyl carbamates (subject to hydrolysis) is 1. The molecule has 7 heteroatoms. The van der Waals surface area contributed by atoms with Crippen LogP contribution in [0.15, 0.2) is 6.20 Å². The Bertz CT molecular complexity index is 438. The summed E-state index contributed by atoms with van der Waals surface area (Å²) in [4.78, 5) is 19.1. The lowest BCUT2D eigenvalue weighted by Crippen LogP contribution is -2.36. The van der Waals surface area contributed by atoms with Crippen molar-refractivity contribution in [2.45, 2.75) is 32.4 Å². The minimum atomic E-state index is -0.347. The number of hydrogen-bond acceptors (Lipinski definition) is 6. The minimum absolute atomic E-state index is 0.188. The van der Waals surface area contributed by atoms with Gasteiger partial charge in [0, 0.05) is 43.3 Å². The summed E-state index contributed by atoms with van der Waals surface area (Å²) in [5, 5.41) is 7.14. The number of anilines is 1. The second kappa shape index (κ2) is 7.44. The van der Waals surface area contributed by atoms with Gasteiger partial charge >= 0.3 is 6.09 Å². The molecule has 2 rings (SSSR count). The number of nitrogens with one attached hydrogen (secondary N) is 2. The van der Waals surface area contributed by atoms with Crippen LogP contribution in [0.1, 0.15) is 24.6 Å². The first-order valence-corrected chi connectivity index (χ1v) is 7.78. The second-order valence-electron chi connectivity index (χ2n) is 4.92. The van der Waals surface area contributed by atoms with E-state index in [0.717, 1.165) is 44.2 Å². The molecule has 112 valence electrons. The largest absolute Gasteiger partial charge is 0.453 e. The number of nitrogens with zero attached hydrogens (tertiary/aromatic N) is 2. The zero-order chi connectivity index (χ0) is 14.4. The third kappa shape index (κ3) is 4.35. The van der Waals surface area contributed by atoms with E-state index in [0.29, 0.717) is 0 Å². The number of hydrogen-bond donors (Lipinski definition) is 2. The Hall–Kier alpha value is -1.34. The Morgan fingerprint density at radius 1 is 1.65 bits per heavy atom. The number of aromatic nitrogens is 1. The van der Waals surface area contributed by atoms with Gasteiger partial charge in [0.2, 0.25) is 0 Å². The molecule has 0 aromatic carbocycles. The van der Waals surface area contributed by atoms with Crippen molar-refractivity contribution in [1.82, 2.24) is 15.2 Å². The quantitative estimate of drug-likeness (QED) is 0.839. The maximum Gasteiger partial charge on any atom is 0.407 e. The van der Waals surface area contributed by atoms with Crippen LogP contribution < -0.4 is 10.6 Å². The third-order valence-corrected chi connectivity index (χ3v) is 4.18. The van der Waals surface area contributed by atoms with Gasteiger partial charge in [-0.2, -0.15) is 0 Å². The van der Waals surface area contributed by atoms with E-state index in [1.54, 1.807) is 11.3 Å². The van der Waals surface area contributed by atoms with Gasteiger partial charge in [0.1, 0.15) is 0 Å². The zero-order valence-electron chi connectivity index (χ0n) is 12.0. The Kier molecular flexibility index (Phi) is 5.60. The maximum atomic E-state index is 11.2. The van der Waals surface area contributed by atoms with Crippen molar-refractivity contribution in [3.63, 3.8) is 0 Å². The molecule has 0 spiro atoms.